The Balaban J connectivity index is 1.35. The second-order valence-electron chi connectivity index (χ2n) is 9.50. The number of carbonyl (C=O) groups excluding carboxylic acids is 1. The topological polar surface area (TPSA) is 55.8 Å². The predicted molar refractivity (Wildman–Crippen MR) is 122 cm³/mol. The Labute approximate surface area is 198 Å². The van der Waals surface area contributed by atoms with Gasteiger partial charge in [0, 0.05) is 6.61 Å². The molecular formula is C27H31F3O4. The molecule has 0 spiro atoms. The maximum atomic E-state index is 15.0. The first-order chi connectivity index (χ1) is 16.4. The van der Waals surface area contributed by atoms with Gasteiger partial charge < -0.3 is 14.6 Å². The number of halogens is 3. The lowest BCUT2D eigenvalue weighted by Gasteiger charge is -2.30. The van der Waals surface area contributed by atoms with E-state index in [1.54, 1.807) is 12.1 Å². The molecule has 2 aliphatic rings. The number of hydrogen-bond acceptors (Lipinski definition) is 4. The fourth-order valence-corrected chi connectivity index (χ4v) is 5.37. The van der Waals surface area contributed by atoms with Gasteiger partial charge in [0.1, 0.15) is 6.10 Å². The maximum Gasteiger partial charge on any atom is 0.338 e. The lowest BCUT2D eigenvalue weighted by Crippen LogP contribution is -2.24. The van der Waals surface area contributed by atoms with Crippen molar-refractivity contribution in [3.8, 4) is 5.75 Å². The zero-order valence-corrected chi connectivity index (χ0v) is 19.4. The van der Waals surface area contributed by atoms with Gasteiger partial charge in [-0.2, -0.15) is 0 Å². The van der Waals surface area contributed by atoms with E-state index in [-0.39, 0.29) is 41.8 Å². The highest BCUT2D eigenvalue weighted by molar-refractivity contribution is 5.89. The van der Waals surface area contributed by atoms with Crippen LogP contribution in [0.25, 0.3) is 0 Å². The van der Waals surface area contributed by atoms with Crippen LogP contribution in [0.1, 0.15) is 84.7 Å². The normalized spacial score (nSPS) is 25.1. The summed E-state index contributed by atoms with van der Waals surface area (Å²) in [4.78, 5) is 12.4. The van der Waals surface area contributed by atoms with Gasteiger partial charge in [0.2, 0.25) is 0 Å². The van der Waals surface area contributed by atoms with Crippen LogP contribution in [0.4, 0.5) is 13.2 Å². The quantitative estimate of drug-likeness (QED) is 0.500. The molecule has 0 bridgehead atoms. The summed E-state index contributed by atoms with van der Waals surface area (Å²) in [5.41, 5.74) is 0.927. The molecule has 0 aliphatic heterocycles. The van der Waals surface area contributed by atoms with E-state index in [4.69, 9.17) is 9.47 Å². The van der Waals surface area contributed by atoms with Crippen LogP contribution in [0, 0.1) is 23.4 Å². The predicted octanol–water partition coefficient (Wildman–Crippen LogP) is 6.26. The van der Waals surface area contributed by atoms with E-state index in [0.29, 0.717) is 36.8 Å². The van der Waals surface area contributed by atoms with Crippen LogP contribution in [-0.4, -0.2) is 30.9 Å². The number of aliphatic hydroxyl groups is 1. The van der Waals surface area contributed by atoms with Gasteiger partial charge in [0.25, 0.3) is 0 Å². The summed E-state index contributed by atoms with van der Waals surface area (Å²) < 4.78 is 54.3. The highest BCUT2D eigenvalue weighted by Gasteiger charge is 2.30. The molecule has 0 saturated heterocycles. The molecule has 2 saturated carbocycles. The number of ether oxygens (including phenoxy) is 2. The van der Waals surface area contributed by atoms with Crippen molar-refractivity contribution in [2.75, 3.05) is 13.7 Å². The molecule has 0 radical (unpaired) electrons. The van der Waals surface area contributed by atoms with E-state index in [1.807, 2.05) is 0 Å². The number of rotatable bonds is 6. The first-order valence-electron chi connectivity index (χ1n) is 12.0. The van der Waals surface area contributed by atoms with Crippen molar-refractivity contribution in [1.82, 2.24) is 0 Å². The summed E-state index contributed by atoms with van der Waals surface area (Å²) in [5.74, 6) is -2.60. The lowest BCUT2D eigenvalue weighted by atomic mass is 9.77. The average Bonchev–Trinajstić information content (AvgIpc) is 2.86. The van der Waals surface area contributed by atoms with Crippen molar-refractivity contribution in [3.05, 3.63) is 64.5 Å². The van der Waals surface area contributed by atoms with Gasteiger partial charge in [0.15, 0.2) is 23.2 Å². The minimum atomic E-state index is -0.768. The number of methoxy groups -OCH3 is 1. The summed E-state index contributed by atoms with van der Waals surface area (Å²) in [7, 11) is 1.35. The monoisotopic (exact) mass is 476 g/mol. The molecule has 0 heterocycles. The number of carbonyl (C=O) groups is 1. The van der Waals surface area contributed by atoms with Gasteiger partial charge in [-0.05, 0) is 98.4 Å². The zero-order valence-electron chi connectivity index (χ0n) is 19.4. The molecule has 0 aromatic heterocycles. The van der Waals surface area contributed by atoms with Crippen LogP contribution in [0.5, 0.6) is 5.75 Å². The fourth-order valence-electron chi connectivity index (χ4n) is 5.37. The molecule has 4 rings (SSSR count). The molecule has 4 nitrogen and oxygen atoms in total. The number of aliphatic hydroxyl groups excluding tert-OH is 1. The van der Waals surface area contributed by atoms with Gasteiger partial charge in [-0.1, -0.05) is 12.1 Å². The summed E-state index contributed by atoms with van der Waals surface area (Å²) in [5, 5.41) is 9.30. The maximum absolute atomic E-state index is 15.0. The number of benzene rings is 2. The van der Waals surface area contributed by atoms with E-state index < -0.39 is 23.4 Å². The molecule has 184 valence electrons. The first kappa shape index (κ1) is 24.6. The summed E-state index contributed by atoms with van der Waals surface area (Å²) in [6.07, 6.45) is 5.05. The lowest BCUT2D eigenvalue weighted by molar-refractivity contribution is 0.0193. The van der Waals surface area contributed by atoms with Crippen molar-refractivity contribution < 1.29 is 32.5 Å². The summed E-state index contributed by atoms with van der Waals surface area (Å²) in [6, 6.07) is 7.35. The molecule has 34 heavy (non-hydrogen) atoms. The van der Waals surface area contributed by atoms with E-state index in [0.717, 1.165) is 31.7 Å². The molecule has 7 heteroatoms. The Kier molecular flexibility index (Phi) is 7.81. The van der Waals surface area contributed by atoms with Crippen LogP contribution < -0.4 is 4.74 Å². The molecule has 0 atom stereocenters. The smallest absolute Gasteiger partial charge is 0.338 e. The molecule has 2 aromatic rings. The fraction of sp³-hybridized carbons (Fsp3) is 0.519. The molecule has 0 unspecified atom stereocenters. The Morgan fingerprint density at radius 1 is 0.882 bits per heavy atom. The van der Waals surface area contributed by atoms with Crippen LogP contribution in [0.2, 0.25) is 0 Å². The van der Waals surface area contributed by atoms with E-state index in [1.165, 1.54) is 19.2 Å². The third-order valence-electron chi connectivity index (χ3n) is 7.46. The minimum absolute atomic E-state index is 0.00992. The molecule has 0 amide bonds. The average molecular weight is 477 g/mol. The third-order valence-corrected chi connectivity index (χ3v) is 7.46. The van der Waals surface area contributed by atoms with Crippen LogP contribution in [-0.2, 0) is 4.74 Å². The summed E-state index contributed by atoms with van der Waals surface area (Å²) in [6.45, 7) is 0.150. The van der Waals surface area contributed by atoms with Crippen LogP contribution in [0.3, 0.4) is 0 Å². The second-order valence-corrected chi connectivity index (χ2v) is 9.50. The van der Waals surface area contributed by atoms with Gasteiger partial charge in [0.05, 0.1) is 12.7 Å². The number of hydrogen-bond donors (Lipinski definition) is 1. The SMILES string of the molecule is COc1ccc(C(=O)OC2CCC(c3ccc(C4CCC(CO)CC4)c(F)c3F)CC2)cc1F. The van der Waals surface area contributed by atoms with Crippen molar-refractivity contribution in [2.24, 2.45) is 5.92 Å². The summed E-state index contributed by atoms with van der Waals surface area (Å²) >= 11 is 0. The van der Waals surface area contributed by atoms with Crippen LogP contribution >= 0.6 is 0 Å². The standard InChI is InChI=1S/C27H31F3O4/c1-33-24-13-8-19(14-23(24)28)27(32)34-20-9-6-18(7-10-20)22-12-11-21(25(29)26(22)30)17-4-2-16(15-31)3-5-17/h8,11-14,16-18,20,31H,2-7,9-10,15H2,1H3. The number of esters is 1. The van der Waals surface area contributed by atoms with Gasteiger partial charge >= 0.3 is 5.97 Å². The minimum Gasteiger partial charge on any atom is -0.494 e. The Morgan fingerprint density at radius 3 is 1.94 bits per heavy atom. The molecule has 2 aromatic carbocycles. The Morgan fingerprint density at radius 2 is 1.44 bits per heavy atom. The molecule has 2 aliphatic carbocycles. The van der Waals surface area contributed by atoms with Crippen molar-refractivity contribution in [1.29, 1.82) is 0 Å². The largest absolute Gasteiger partial charge is 0.494 e. The van der Waals surface area contributed by atoms with E-state index in [9.17, 15) is 18.7 Å². The Hall–Kier alpha value is -2.54. The van der Waals surface area contributed by atoms with E-state index >= 15 is 4.39 Å². The Bertz CT molecular complexity index is 1010. The first-order valence-corrected chi connectivity index (χ1v) is 12.0. The zero-order chi connectivity index (χ0) is 24.2. The van der Waals surface area contributed by atoms with Crippen molar-refractivity contribution >= 4 is 5.97 Å². The van der Waals surface area contributed by atoms with Gasteiger partial charge in [-0.15, -0.1) is 0 Å². The van der Waals surface area contributed by atoms with Crippen molar-refractivity contribution in [3.63, 3.8) is 0 Å². The molecule has 2 fully saturated rings. The van der Waals surface area contributed by atoms with E-state index in [2.05, 4.69) is 0 Å². The molecule has 1 N–H and O–H groups in total. The highest BCUT2D eigenvalue weighted by Crippen LogP contribution is 2.41. The van der Waals surface area contributed by atoms with Crippen molar-refractivity contribution in [2.45, 2.75) is 69.3 Å². The van der Waals surface area contributed by atoms with Crippen LogP contribution in [0.15, 0.2) is 30.3 Å². The third kappa shape index (κ3) is 5.24. The second kappa shape index (κ2) is 10.8. The van der Waals surface area contributed by atoms with Gasteiger partial charge in [-0.25, -0.2) is 18.0 Å². The highest BCUT2D eigenvalue weighted by atomic mass is 19.2. The molecular weight excluding hydrogens is 445 g/mol. The van der Waals surface area contributed by atoms with Gasteiger partial charge in [-0.3, -0.25) is 0 Å².